The summed E-state index contributed by atoms with van der Waals surface area (Å²) in [6.45, 7) is 4.81. The monoisotopic (exact) mass is 341 g/mol. The highest BCUT2D eigenvalue weighted by molar-refractivity contribution is 5.66. The van der Waals surface area contributed by atoms with Gasteiger partial charge in [-0.2, -0.15) is 0 Å². The molecule has 3 heteroatoms. The number of anilines is 2. The summed E-state index contributed by atoms with van der Waals surface area (Å²) >= 11 is 0. The van der Waals surface area contributed by atoms with Gasteiger partial charge in [-0.3, -0.25) is 4.90 Å². The van der Waals surface area contributed by atoms with Crippen molar-refractivity contribution in [3.63, 3.8) is 0 Å². The van der Waals surface area contributed by atoms with Crippen molar-refractivity contribution in [2.24, 2.45) is 11.8 Å². The van der Waals surface area contributed by atoms with E-state index in [2.05, 4.69) is 36.2 Å². The Morgan fingerprint density at radius 1 is 0.920 bits per heavy atom. The van der Waals surface area contributed by atoms with Gasteiger partial charge in [0.1, 0.15) is 0 Å². The molecule has 138 valence electrons. The molecule has 1 aromatic rings. The van der Waals surface area contributed by atoms with Crippen LogP contribution >= 0.6 is 0 Å². The molecule has 0 spiro atoms. The number of para-hydroxylation sites is 2. The molecule has 3 aliphatic rings. The van der Waals surface area contributed by atoms with Gasteiger partial charge in [0.2, 0.25) is 0 Å². The number of nitrogens with one attached hydrogen (secondary N) is 1. The topological polar surface area (TPSA) is 41.3 Å². The molecule has 1 aliphatic carbocycles. The van der Waals surface area contributed by atoms with Gasteiger partial charge in [0.05, 0.1) is 11.4 Å². The fraction of sp³-hybridized carbons (Fsp3) is 0.727. The van der Waals surface area contributed by atoms with Crippen molar-refractivity contribution in [2.75, 3.05) is 11.1 Å². The molecule has 1 saturated carbocycles. The number of fused-ring (bicyclic) bond motifs is 2. The molecule has 3 fully saturated rings. The van der Waals surface area contributed by atoms with E-state index in [-0.39, 0.29) is 0 Å². The van der Waals surface area contributed by atoms with E-state index in [4.69, 9.17) is 5.73 Å². The molecule has 1 aromatic carbocycles. The van der Waals surface area contributed by atoms with Crippen LogP contribution in [-0.4, -0.2) is 29.1 Å². The average molecular weight is 342 g/mol. The molecule has 0 amide bonds. The number of nitrogen functional groups attached to an aromatic ring is 1. The van der Waals surface area contributed by atoms with Crippen molar-refractivity contribution in [3.05, 3.63) is 24.3 Å². The summed E-state index contributed by atoms with van der Waals surface area (Å²) in [7, 11) is 0. The highest BCUT2D eigenvalue weighted by atomic mass is 15.3. The third kappa shape index (κ3) is 3.53. The second-order valence-electron chi connectivity index (χ2n) is 9.04. The van der Waals surface area contributed by atoms with E-state index in [1.54, 1.807) is 0 Å². The molecule has 3 N–H and O–H groups in total. The second-order valence-corrected chi connectivity index (χ2v) is 9.04. The van der Waals surface area contributed by atoms with Gasteiger partial charge in [0.15, 0.2) is 0 Å². The zero-order chi connectivity index (χ0) is 17.4. The molecular formula is C22H35N3. The molecule has 4 rings (SSSR count). The molecule has 2 heterocycles. The van der Waals surface area contributed by atoms with Gasteiger partial charge >= 0.3 is 0 Å². The first-order valence-corrected chi connectivity index (χ1v) is 10.5. The van der Waals surface area contributed by atoms with Crippen LogP contribution in [0.15, 0.2) is 24.3 Å². The number of hydrogen-bond acceptors (Lipinski definition) is 3. The summed E-state index contributed by atoms with van der Waals surface area (Å²) in [6.07, 6.45) is 11.1. The van der Waals surface area contributed by atoms with Crippen molar-refractivity contribution < 1.29 is 0 Å². The molecular weight excluding hydrogens is 306 g/mol. The smallest absolute Gasteiger partial charge is 0.0576 e. The van der Waals surface area contributed by atoms with Gasteiger partial charge < -0.3 is 11.1 Å². The molecule has 2 saturated heterocycles. The number of rotatable bonds is 4. The van der Waals surface area contributed by atoms with Crippen LogP contribution in [0.4, 0.5) is 11.4 Å². The minimum absolute atomic E-state index is 0.588. The molecule has 0 unspecified atom stereocenters. The summed E-state index contributed by atoms with van der Waals surface area (Å²) in [5.74, 6) is 1.83. The van der Waals surface area contributed by atoms with Crippen LogP contribution in [0.5, 0.6) is 0 Å². The Morgan fingerprint density at radius 2 is 1.52 bits per heavy atom. The number of benzene rings is 1. The van der Waals surface area contributed by atoms with E-state index in [9.17, 15) is 0 Å². The molecule has 3 nitrogen and oxygen atoms in total. The quantitative estimate of drug-likeness (QED) is 0.766. The summed E-state index contributed by atoms with van der Waals surface area (Å²) in [6, 6.07) is 11.2. The number of hydrogen-bond donors (Lipinski definition) is 2. The largest absolute Gasteiger partial charge is 0.397 e. The SMILES string of the molecule is CC(C)[C@H]1CC[C@@H](N2[C@@H]3CC[C@H]2C[C@@H](Nc2ccccc2N)C3)CC1. The van der Waals surface area contributed by atoms with Crippen LogP contribution in [0.1, 0.15) is 65.2 Å². The van der Waals surface area contributed by atoms with Crippen LogP contribution in [0.3, 0.4) is 0 Å². The van der Waals surface area contributed by atoms with Gasteiger partial charge in [-0.1, -0.05) is 26.0 Å². The van der Waals surface area contributed by atoms with E-state index >= 15 is 0 Å². The predicted molar refractivity (Wildman–Crippen MR) is 107 cm³/mol. The maximum atomic E-state index is 6.13. The fourth-order valence-electron chi connectivity index (χ4n) is 5.84. The number of nitrogens with two attached hydrogens (primary N) is 1. The van der Waals surface area contributed by atoms with E-state index in [0.29, 0.717) is 6.04 Å². The Balaban J connectivity index is 1.37. The van der Waals surface area contributed by atoms with Crippen LogP contribution in [0, 0.1) is 11.8 Å². The minimum Gasteiger partial charge on any atom is -0.397 e. The Kier molecular flexibility index (Phi) is 4.95. The van der Waals surface area contributed by atoms with Crippen molar-refractivity contribution in [1.29, 1.82) is 0 Å². The zero-order valence-electron chi connectivity index (χ0n) is 16.0. The van der Waals surface area contributed by atoms with Gasteiger partial charge in [-0.15, -0.1) is 0 Å². The molecule has 2 aliphatic heterocycles. The third-order valence-corrected chi connectivity index (χ3v) is 7.22. The lowest BCUT2D eigenvalue weighted by molar-refractivity contribution is 0.0466. The molecule has 2 bridgehead atoms. The lowest BCUT2D eigenvalue weighted by Crippen LogP contribution is -2.52. The lowest BCUT2D eigenvalue weighted by Gasteiger charge is -2.46. The molecule has 3 atom stereocenters. The van der Waals surface area contributed by atoms with Gasteiger partial charge in [-0.05, 0) is 75.3 Å². The summed E-state index contributed by atoms with van der Waals surface area (Å²) in [4.78, 5) is 2.95. The maximum Gasteiger partial charge on any atom is 0.0576 e. The first-order valence-electron chi connectivity index (χ1n) is 10.5. The Bertz CT molecular complexity index is 562. The zero-order valence-corrected chi connectivity index (χ0v) is 16.0. The van der Waals surface area contributed by atoms with Crippen molar-refractivity contribution in [3.8, 4) is 0 Å². The fourth-order valence-corrected chi connectivity index (χ4v) is 5.84. The number of piperidine rings is 1. The van der Waals surface area contributed by atoms with E-state index in [0.717, 1.165) is 41.3 Å². The maximum absolute atomic E-state index is 6.13. The van der Waals surface area contributed by atoms with Gasteiger partial charge in [0, 0.05) is 24.2 Å². The minimum atomic E-state index is 0.588. The highest BCUT2D eigenvalue weighted by Crippen LogP contribution is 2.43. The first kappa shape index (κ1) is 17.2. The van der Waals surface area contributed by atoms with Gasteiger partial charge in [-0.25, -0.2) is 0 Å². The Hall–Kier alpha value is -1.22. The van der Waals surface area contributed by atoms with Crippen LogP contribution in [0.25, 0.3) is 0 Å². The summed E-state index contributed by atoms with van der Waals surface area (Å²) < 4.78 is 0. The highest BCUT2D eigenvalue weighted by Gasteiger charge is 2.44. The van der Waals surface area contributed by atoms with Crippen molar-refractivity contribution >= 4 is 11.4 Å². The van der Waals surface area contributed by atoms with Crippen LogP contribution in [0.2, 0.25) is 0 Å². The molecule has 0 radical (unpaired) electrons. The van der Waals surface area contributed by atoms with E-state index in [1.807, 2.05) is 12.1 Å². The second kappa shape index (κ2) is 7.19. The summed E-state index contributed by atoms with van der Waals surface area (Å²) in [5, 5.41) is 3.74. The standard InChI is InChI=1S/C22H35N3/c1-15(2)16-7-9-18(10-8-16)25-19-11-12-20(25)14-17(13-19)24-22-6-4-3-5-21(22)23/h3-6,15-20,24H,7-14,23H2,1-2H3/t16-,17-,18+,19+,20-. The molecule has 0 aromatic heterocycles. The summed E-state index contributed by atoms with van der Waals surface area (Å²) in [5.41, 5.74) is 8.13. The Labute approximate surface area is 153 Å². The third-order valence-electron chi connectivity index (χ3n) is 7.22. The molecule has 25 heavy (non-hydrogen) atoms. The number of nitrogens with zero attached hydrogens (tertiary/aromatic N) is 1. The van der Waals surface area contributed by atoms with E-state index in [1.165, 1.54) is 51.4 Å². The van der Waals surface area contributed by atoms with E-state index < -0.39 is 0 Å². The van der Waals surface area contributed by atoms with Gasteiger partial charge in [0.25, 0.3) is 0 Å². The van der Waals surface area contributed by atoms with Crippen molar-refractivity contribution in [2.45, 2.75) is 89.4 Å². The predicted octanol–water partition coefficient (Wildman–Crippen LogP) is 4.89. The van der Waals surface area contributed by atoms with Crippen molar-refractivity contribution in [1.82, 2.24) is 4.90 Å². The lowest BCUT2D eigenvalue weighted by atomic mass is 9.78. The first-order chi connectivity index (χ1) is 12.1. The Morgan fingerprint density at radius 3 is 2.12 bits per heavy atom. The van der Waals surface area contributed by atoms with Crippen LogP contribution in [-0.2, 0) is 0 Å². The normalized spacial score (nSPS) is 35.9. The average Bonchev–Trinajstić information content (AvgIpc) is 2.88. The van der Waals surface area contributed by atoms with Crippen LogP contribution < -0.4 is 11.1 Å².